The average molecular weight is 288 g/mol. The maximum Gasteiger partial charge on any atom is 0.252 e. The van der Waals surface area contributed by atoms with E-state index in [1.54, 1.807) is 31.3 Å². The molecule has 1 N–H and O–H groups in total. The van der Waals surface area contributed by atoms with Gasteiger partial charge in [-0.1, -0.05) is 24.3 Å². The number of nitrogens with one attached hydrogen (secondary N) is 1. The summed E-state index contributed by atoms with van der Waals surface area (Å²) >= 11 is 0. The van der Waals surface area contributed by atoms with E-state index in [0.717, 1.165) is 0 Å². The fraction of sp³-hybridized carbons (Fsp3) is 0.250. The topological polar surface area (TPSA) is 49.4 Å². The van der Waals surface area contributed by atoms with Crippen molar-refractivity contribution in [2.75, 3.05) is 20.1 Å². The first kappa shape index (κ1) is 15.0. The summed E-state index contributed by atoms with van der Waals surface area (Å²) in [6.07, 6.45) is 0. The SMILES string of the molecule is CCN(C)C(=O)CNC(=O)c1ccc(F)c2ccccc12. The smallest absolute Gasteiger partial charge is 0.252 e. The van der Waals surface area contributed by atoms with Crippen LogP contribution in [0.4, 0.5) is 4.39 Å². The van der Waals surface area contributed by atoms with Gasteiger partial charge in [0.25, 0.3) is 5.91 Å². The molecule has 0 radical (unpaired) electrons. The number of hydrogen-bond acceptors (Lipinski definition) is 2. The minimum Gasteiger partial charge on any atom is -0.345 e. The van der Waals surface area contributed by atoms with E-state index in [4.69, 9.17) is 0 Å². The number of hydrogen-bond donors (Lipinski definition) is 1. The van der Waals surface area contributed by atoms with Crippen molar-refractivity contribution in [2.24, 2.45) is 0 Å². The Hall–Kier alpha value is -2.43. The number of halogens is 1. The van der Waals surface area contributed by atoms with E-state index in [9.17, 15) is 14.0 Å². The van der Waals surface area contributed by atoms with Crippen LogP contribution >= 0.6 is 0 Å². The normalized spacial score (nSPS) is 10.4. The van der Waals surface area contributed by atoms with Gasteiger partial charge in [-0.25, -0.2) is 4.39 Å². The highest BCUT2D eigenvalue weighted by molar-refractivity contribution is 6.07. The molecule has 2 amide bonds. The Morgan fingerprint density at radius 1 is 1.14 bits per heavy atom. The van der Waals surface area contributed by atoms with Gasteiger partial charge in [-0.05, 0) is 24.4 Å². The van der Waals surface area contributed by atoms with Gasteiger partial charge >= 0.3 is 0 Å². The second-order valence-electron chi connectivity index (χ2n) is 4.73. The lowest BCUT2D eigenvalue weighted by molar-refractivity contribution is -0.128. The quantitative estimate of drug-likeness (QED) is 0.937. The average Bonchev–Trinajstić information content (AvgIpc) is 2.52. The molecule has 0 atom stereocenters. The molecule has 110 valence electrons. The van der Waals surface area contributed by atoms with Crippen LogP contribution in [0.2, 0.25) is 0 Å². The van der Waals surface area contributed by atoms with Gasteiger partial charge < -0.3 is 10.2 Å². The molecule has 0 aliphatic carbocycles. The zero-order valence-electron chi connectivity index (χ0n) is 12.0. The van der Waals surface area contributed by atoms with Crippen molar-refractivity contribution in [3.63, 3.8) is 0 Å². The van der Waals surface area contributed by atoms with Crippen molar-refractivity contribution in [3.05, 3.63) is 47.8 Å². The Labute approximate surface area is 122 Å². The highest BCUT2D eigenvalue weighted by atomic mass is 19.1. The van der Waals surface area contributed by atoms with Gasteiger partial charge in [0.2, 0.25) is 5.91 Å². The maximum atomic E-state index is 13.7. The molecule has 5 heteroatoms. The predicted octanol–water partition coefficient (Wildman–Crippen LogP) is 2.19. The van der Waals surface area contributed by atoms with Crippen molar-refractivity contribution in [1.82, 2.24) is 10.2 Å². The molecule has 0 spiro atoms. The number of rotatable bonds is 4. The van der Waals surface area contributed by atoms with Crippen LogP contribution in [0.5, 0.6) is 0 Å². The molecule has 4 nitrogen and oxygen atoms in total. The summed E-state index contributed by atoms with van der Waals surface area (Å²) in [5.74, 6) is -0.926. The van der Waals surface area contributed by atoms with E-state index in [1.807, 2.05) is 6.92 Å². The number of carbonyl (C=O) groups excluding carboxylic acids is 2. The van der Waals surface area contributed by atoms with Gasteiger partial charge in [0.1, 0.15) is 5.82 Å². The first-order valence-corrected chi connectivity index (χ1v) is 6.74. The summed E-state index contributed by atoms with van der Waals surface area (Å²) in [4.78, 5) is 25.4. The minimum atomic E-state index is -0.385. The van der Waals surface area contributed by atoms with Crippen LogP contribution in [0.25, 0.3) is 10.8 Å². The van der Waals surface area contributed by atoms with E-state index in [1.165, 1.54) is 17.0 Å². The van der Waals surface area contributed by atoms with Crippen LogP contribution in [-0.4, -0.2) is 36.9 Å². The zero-order chi connectivity index (χ0) is 15.4. The van der Waals surface area contributed by atoms with E-state index in [-0.39, 0.29) is 24.2 Å². The van der Waals surface area contributed by atoms with Crippen LogP contribution in [0, 0.1) is 5.82 Å². The summed E-state index contributed by atoms with van der Waals surface area (Å²) in [6, 6.07) is 9.46. The third kappa shape index (κ3) is 3.18. The molecule has 0 aliphatic rings. The fourth-order valence-corrected chi connectivity index (χ4v) is 2.02. The van der Waals surface area contributed by atoms with E-state index < -0.39 is 0 Å². The molecule has 2 aromatic carbocycles. The number of carbonyl (C=O) groups is 2. The molecular formula is C16H17FN2O2. The lowest BCUT2D eigenvalue weighted by Gasteiger charge is -2.15. The third-order valence-electron chi connectivity index (χ3n) is 3.42. The maximum absolute atomic E-state index is 13.7. The van der Waals surface area contributed by atoms with E-state index in [2.05, 4.69) is 5.32 Å². The van der Waals surface area contributed by atoms with Crippen LogP contribution in [0.15, 0.2) is 36.4 Å². The second kappa shape index (κ2) is 6.35. The van der Waals surface area contributed by atoms with Gasteiger partial charge in [0.05, 0.1) is 6.54 Å². The van der Waals surface area contributed by atoms with Crippen LogP contribution < -0.4 is 5.32 Å². The molecule has 0 aromatic heterocycles. The Kier molecular flexibility index (Phi) is 4.52. The Morgan fingerprint density at radius 3 is 2.48 bits per heavy atom. The van der Waals surface area contributed by atoms with E-state index >= 15 is 0 Å². The number of likely N-dealkylation sites (N-methyl/N-ethyl adjacent to an activating group) is 1. The Balaban J connectivity index is 2.21. The van der Waals surface area contributed by atoms with Crippen molar-refractivity contribution >= 4 is 22.6 Å². The number of benzene rings is 2. The third-order valence-corrected chi connectivity index (χ3v) is 3.42. The number of nitrogens with zero attached hydrogens (tertiary/aromatic N) is 1. The molecular weight excluding hydrogens is 271 g/mol. The lowest BCUT2D eigenvalue weighted by atomic mass is 10.0. The largest absolute Gasteiger partial charge is 0.345 e. The van der Waals surface area contributed by atoms with Crippen molar-refractivity contribution < 1.29 is 14.0 Å². The van der Waals surface area contributed by atoms with Crippen LogP contribution in [-0.2, 0) is 4.79 Å². The molecule has 0 bridgehead atoms. The second-order valence-corrected chi connectivity index (χ2v) is 4.73. The Morgan fingerprint density at radius 2 is 1.81 bits per heavy atom. The summed E-state index contributed by atoms with van der Waals surface area (Å²) in [7, 11) is 1.67. The minimum absolute atomic E-state index is 0.0745. The highest BCUT2D eigenvalue weighted by Crippen LogP contribution is 2.21. The fourth-order valence-electron chi connectivity index (χ4n) is 2.02. The molecule has 2 rings (SSSR count). The van der Waals surface area contributed by atoms with Crippen molar-refractivity contribution in [3.8, 4) is 0 Å². The summed E-state index contributed by atoms with van der Waals surface area (Å²) < 4.78 is 13.7. The van der Waals surface area contributed by atoms with Gasteiger partial charge in [0.15, 0.2) is 0 Å². The highest BCUT2D eigenvalue weighted by Gasteiger charge is 2.14. The lowest BCUT2D eigenvalue weighted by Crippen LogP contribution is -2.38. The number of amides is 2. The van der Waals surface area contributed by atoms with E-state index in [0.29, 0.717) is 22.9 Å². The van der Waals surface area contributed by atoms with Crippen molar-refractivity contribution in [1.29, 1.82) is 0 Å². The monoisotopic (exact) mass is 288 g/mol. The Bertz CT molecular complexity index is 685. The molecule has 0 aliphatic heterocycles. The summed E-state index contributed by atoms with van der Waals surface area (Å²) in [5, 5.41) is 3.50. The summed E-state index contributed by atoms with van der Waals surface area (Å²) in [6.45, 7) is 2.36. The standard InChI is InChI=1S/C16H17FN2O2/c1-3-19(2)15(20)10-18-16(21)13-8-9-14(17)12-7-5-4-6-11(12)13/h4-9H,3,10H2,1-2H3,(H,18,21). The van der Waals surface area contributed by atoms with Gasteiger partial charge in [0, 0.05) is 24.5 Å². The van der Waals surface area contributed by atoms with Gasteiger partial charge in [-0.3, -0.25) is 9.59 Å². The van der Waals surface area contributed by atoms with Crippen LogP contribution in [0.3, 0.4) is 0 Å². The van der Waals surface area contributed by atoms with Gasteiger partial charge in [-0.15, -0.1) is 0 Å². The molecule has 2 aromatic rings. The molecule has 0 unspecified atom stereocenters. The van der Waals surface area contributed by atoms with Crippen molar-refractivity contribution in [2.45, 2.75) is 6.92 Å². The molecule has 0 fully saturated rings. The first-order chi connectivity index (χ1) is 10.0. The molecule has 21 heavy (non-hydrogen) atoms. The predicted molar refractivity (Wildman–Crippen MR) is 79.6 cm³/mol. The summed E-state index contributed by atoms with van der Waals surface area (Å²) in [5.41, 5.74) is 0.360. The molecule has 0 saturated heterocycles. The zero-order valence-corrected chi connectivity index (χ0v) is 12.0. The first-order valence-electron chi connectivity index (χ1n) is 6.74. The molecule has 0 saturated carbocycles. The van der Waals surface area contributed by atoms with Crippen LogP contribution in [0.1, 0.15) is 17.3 Å². The number of fused-ring (bicyclic) bond motifs is 1. The van der Waals surface area contributed by atoms with Gasteiger partial charge in [-0.2, -0.15) is 0 Å². The molecule has 0 heterocycles.